The highest BCUT2D eigenvalue weighted by atomic mass is 32.2. The number of methoxy groups -OCH3 is 1. The molecule has 0 saturated heterocycles. The molecule has 0 saturated carbocycles. The van der Waals surface area contributed by atoms with Crippen molar-refractivity contribution in [1.29, 1.82) is 0 Å². The quantitative estimate of drug-likeness (QED) is 0.410. The Balaban J connectivity index is 1.93. The van der Waals surface area contributed by atoms with Crippen LogP contribution in [-0.4, -0.2) is 40.9 Å². The molecule has 1 heterocycles. The van der Waals surface area contributed by atoms with Gasteiger partial charge in [-0.3, -0.25) is 4.72 Å². The number of pyridine rings is 1. The van der Waals surface area contributed by atoms with Gasteiger partial charge in [0.05, 0.1) is 41.6 Å². The van der Waals surface area contributed by atoms with Crippen molar-refractivity contribution in [3.05, 3.63) is 60.4 Å². The number of sulfonamides is 1. The van der Waals surface area contributed by atoms with Gasteiger partial charge in [0, 0.05) is 30.9 Å². The molecule has 0 aliphatic rings. The fourth-order valence-electron chi connectivity index (χ4n) is 3.63. The van der Waals surface area contributed by atoms with Crippen LogP contribution in [0.4, 0.5) is 27.1 Å². The van der Waals surface area contributed by atoms with E-state index in [0.29, 0.717) is 22.5 Å². The predicted octanol–water partition coefficient (Wildman–Crippen LogP) is 4.72. The summed E-state index contributed by atoms with van der Waals surface area (Å²) < 4.78 is 45.2. The Bertz CT molecular complexity index is 1440. The summed E-state index contributed by atoms with van der Waals surface area (Å²) in [7, 11) is 1.89. The second-order valence-electron chi connectivity index (χ2n) is 7.63. The number of ether oxygens (including phenoxy) is 1. The zero-order valence-corrected chi connectivity index (χ0v) is 18.9. The number of rotatable bonds is 6. The largest absolute Gasteiger partial charge is 0.494 e. The Labute approximate surface area is 185 Å². The minimum Gasteiger partial charge on any atom is -0.494 e. The van der Waals surface area contributed by atoms with Crippen molar-refractivity contribution in [2.24, 2.45) is 0 Å². The number of anilines is 4. The lowest BCUT2D eigenvalue weighted by Crippen LogP contribution is -2.14. The fourth-order valence-corrected chi connectivity index (χ4v) is 4.19. The highest BCUT2D eigenvalue weighted by Gasteiger charge is 2.16. The van der Waals surface area contributed by atoms with Crippen LogP contribution < -0.4 is 19.7 Å². The summed E-state index contributed by atoms with van der Waals surface area (Å²) >= 11 is 0. The third-order valence-electron chi connectivity index (χ3n) is 4.99. The van der Waals surface area contributed by atoms with E-state index in [1.165, 1.54) is 12.1 Å². The smallest absolute Gasteiger partial charge is 0.229 e. The lowest BCUT2D eigenvalue weighted by Gasteiger charge is -2.21. The lowest BCUT2D eigenvalue weighted by molar-refractivity contribution is 0.419. The number of para-hydroxylation sites is 1. The monoisotopic (exact) mass is 454 g/mol. The Morgan fingerprint density at radius 3 is 2.50 bits per heavy atom. The highest BCUT2D eigenvalue weighted by molar-refractivity contribution is 7.92. The van der Waals surface area contributed by atoms with E-state index >= 15 is 0 Å². The molecular weight excluding hydrogens is 431 g/mol. The molecule has 3 aromatic carbocycles. The standard InChI is InChI=1S/C23H23FN4O3S/c1-28(2)20-13-15(27-32(4,29)30)9-11-18(20)25-22-16-10-8-14(24)12-19(16)26-23-17(22)6-5-7-21(23)31-3/h5-13,27H,1-4H3,(H,25,26). The molecule has 0 radical (unpaired) electrons. The molecule has 4 aromatic rings. The first-order chi connectivity index (χ1) is 15.2. The van der Waals surface area contributed by atoms with Crippen LogP contribution in [0.25, 0.3) is 21.8 Å². The fraction of sp³-hybridized carbons (Fsp3) is 0.174. The van der Waals surface area contributed by atoms with Crippen molar-refractivity contribution >= 4 is 54.6 Å². The summed E-state index contributed by atoms with van der Waals surface area (Å²) in [5.74, 6) is 0.202. The molecule has 1 aromatic heterocycles. The first kappa shape index (κ1) is 21.6. The van der Waals surface area contributed by atoms with Gasteiger partial charge in [-0.1, -0.05) is 12.1 Å². The molecule has 0 bridgehead atoms. The number of hydrogen-bond acceptors (Lipinski definition) is 6. The molecule has 2 N–H and O–H groups in total. The first-order valence-corrected chi connectivity index (χ1v) is 11.7. The second-order valence-corrected chi connectivity index (χ2v) is 9.38. The predicted molar refractivity (Wildman–Crippen MR) is 128 cm³/mol. The van der Waals surface area contributed by atoms with E-state index in [-0.39, 0.29) is 5.82 Å². The van der Waals surface area contributed by atoms with Crippen LogP contribution in [0.1, 0.15) is 0 Å². The molecule has 0 atom stereocenters. The second kappa shape index (κ2) is 8.16. The Kier molecular flexibility index (Phi) is 5.52. The van der Waals surface area contributed by atoms with Gasteiger partial charge in [-0.25, -0.2) is 17.8 Å². The number of aromatic nitrogens is 1. The minimum absolute atomic E-state index is 0.379. The molecule has 4 rings (SSSR count). The SMILES string of the molecule is COc1cccc2c(Nc3ccc(NS(C)(=O)=O)cc3N(C)C)c3ccc(F)cc3nc12. The maximum Gasteiger partial charge on any atom is 0.229 e. The maximum absolute atomic E-state index is 14.0. The van der Waals surface area contributed by atoms with Crippen molar-refractivity contribution in [1.82, 2.24) is 4.98 Å². The van der Waals surface area contributed by atoms with Crippen LogP contribution in [0.2, 0.25) is 0 Å². The van der Waals surface area contributed by atoms with Gasteiger partial charge < -0.3 is 15.0 Å². The average Bonchev–Trinajstić information content (AvgIpc) is 2.72. The summed E-state index contributed by atoms with van der Waals surface area (Å²) in [4.78, 5) is 6.51. The number of benzene rings is 3. The molecule has 32 heavy (non-hydrogen) atoms. The van der Waals surface area contributed by atoms with Crippen molar-refractivity contribution in [2.75, 3.05) is 42.4 Å². The summed E-state index contributed by atoms with van der Waals surface area (Å²) in [5, 5.41) is 5.02. The Hall–Kier alpha value is -3.59. The zero-order valence-electron chi connectivity index (χ0n) is 18.1. The number of hydrogen-bond donors (Lipinski definition) is 2. The molecule has 0 spiro atoms. The highest BCUT2D eigenvalue weighted by Crippen LogP contribution is 2.39. The molecule has 0 fully saturated rings. The topological polar surface area (TPSA) is 83.6 Å². The van der Waals surface area contributed by atoms with Crippen molar-refractivity contribution < 1.29 is 17.5 Å². The van der Waals surface area contributed by atoms with Crippen molar-refractivity contribution in [3.63, 3.8) is 0 Å². The van der Waals surface area contributed by atoms with E-state index in [9.17, 15) is 12.8 Å². The molecular formula is C23H23FN4O3S. The van der Waals surface area contributed by atoms with E-state index in [0.717, 1.165) is 34.1 Å². The van der Waals surface area contributed by atoms with Crippen molar-refractivity contribution in [2.45, 2.75) is 0 Å². The third-order valence-corrected chi connectivity index (χ3v) is 5.60. The average molecular weight is 455 g/mol. The van der Waals surface area contributed by atoms with E-state index in [2.05, 4.69) is 15.0 Å². The van der Waals surface area contributed by atoms with Gasteiger partial charge in [-0.2, -0.15) is 0 Å². The number of nitrogens with zero attached hydrogens (tertiary/aromatic N) is 2. The third kappa shape index (κ3) is 4.24. The van der Waals surface area contributed by atoms with Crippen LogP contribution in [-0.2, 0) is 10.0 Å². The molecule has 0 unspecified atom stereocenters. The first-order valence-electron chi connectivity index (χ1n) is 9.78. The van der Waals surface area contributed by atoms with Gasteiger partial charge in [-0.15, -0.1) is 0 Å². The van der Waals surface area contributed by atoms with E-state index < -0.39 is 10.0 Å². The number of halogens is 1. The van der Waals surface area contributed by atoms with Gasteiger partial charge in [-0.05, 0) is 36.4 Å². The van der Waals surface area contributed by atoms with E-state index in [1.807, 2.05) is 31.1 Å². The molecule has 7 nitrogen and oxygen atoms in total. The van der Waals surface area contributed by atoms with Gasteiger partial charge >= 0.3 is 0 Å². The van der Waals surface area contributed by atoms with E-state index in [4.69, 9.17) is 4.74 Å². The molecule has 0 aliphatic carbocycles. The number of fused-ring (bicyclic) bond motifs is 2. The van der Waals surface area contributed by atoms with Crippen LogP contribution >= 0.6 is 0 Å². The summed E-state index contributed by atoms with van der Waals surface area (Å²) in [6.45, 7) is 0. The van der Waals surface area contributed by atoms with E-state index in [1.54, 1.807) is 37.4 Å². The van der Waals surface area contributed by atoms with Crippen LogP contribution in [0.5, 0.6) is 5.75 Å². The lowest BCUT2D eigenvalue weighted by atomic mass is 10.1. The number of nitrogens with one attached hydrogen (secondary N) is 2. The molecule has 9 heteroatoms. The minimum atomic E-state index is -3.41. The molecule has 0 aliphatic heterocycles. The van der Waals surface area contributed by atoms with Crippen LogP contribution in [0.15, 0.2) is 54.6 Å². The van der Waals surface area contributed by atoms with Gasteiger partial charge in [0.1, 0.15) is 17.1 Å². The Morgan fingerprint density at radius 1 is 1.03 bits per heavy atom. The molecule has 166 valence electrons. The Morgan fingerprint density at radius 2 is 1.81 bits per heavy atom. The van der Waals surface area contributed by atoms with Crippen LogP contribution in [0.3, 0.4) is 0 Å². The van der Waals surface area contributed by atoms with Crippen LogP contribution in [0, 0.1) is 5.82 Å². The normalized spacial score (nSPS) is 11.5. The molecule has 0 amide bonds. The maximum atomic E-state index is 14.0. The van der Waals surface area contributed by atoms with Gasteiger partial charge in [0.25, 0.3) is 0 Å². The van der Waals surface area contributed by atoms with Crippen molar-refractivity contribution in [3.8, 4) is 5.75 Å². The zero-order chi connectivity index (χ0) is 23.0. The summed E-state index contributed by atoms with van der Waals surface area (Å²) in [6, 6.07) is 15.3. The summed E-state index contributed by atoms with van der Waals surface area (Å²) in [5.41, 5.74) is 3.81. The van der Waals surface area contributed by atoms with Gasteiger partial charge in [0.15, 0.2) is 0 Å². The van der Waals surface area contributed by atoms with Gasteiger partial charge in [0.2, 0.25) is 10.0 Å². The summed E-state index contributed by atoms with van der Waals surface area (Å²) in [6.07, 6.45) is 1.11.